The Bertz CT molecular complexity index is 612. The minimum atomic E-state index is -3.04. The van der Waals surface area contributed by atoms with E-state index in [0.29, 0.717) is 12.2 Å². The molecule has 6 nitrogen and oxygen atoms in total. The molecule has 1 atom stereocenters. The summed E-state index contributed by atoms with van der Waals surface area (Å²) in [4.78, 5) is 11.9. The average molecular weight is 312 g/mol. The van der Waals surface area contributed by atoms with Crippen molar-refractivity contribution in [1.29, 1.82) is 0 Å². The summed E-state index contributed by atoms with van der Waals surface area (Å²) < 4.78 is 28.3. The summed E-state index contributed by atoms with van der Waals surface area (Å²) in [5, 5.41) is 5.74. The normalized spacial score (nSPS) is 23.5. The van der Waals surface area contributed by atoms with E-state index >= 15 is 0 Å². The highest BCUT2D eigenvalue weighted by Crippen LogP contribution is 2.22. The van der Waals surface area contributed by atoms with Crippen LogP contribution in [0.5, 0.6) is 5.75 Å². The van der Waals surface area contributed by atoms with Gasteiger partial charge in [0.25, 0.3) is 5.91 Å². The van der Waals surface area contributed by atoms with E-state index < -0.39 is 15.4 Å². The largest absolute Gasteiger partial charge is 0.484 e. The van der Waals surface area contributed by atoms with E-state index in [1.807, 2.05) is 19.2 Å². The molecule has 1 fully saturated rings. The lowest BCUT2D eigenvalue weighted by Crippen LogP contribution is -2.48. The number of benzene rings is 1. The van der Waals surface area contributed by atoms with Crippen LogP contribution in [-0.4, -0.2) is 45.0 Å². The molecule has 1 heterocycles. The molecule has 1 amide bonds. The van der Waals surface area contributed by atoms with Crippen LogP contribution in [0.4, 0.5) is 5.69 Å². The molecule has 116 valence electrons. The zero-order valence-corrected chi connectivity index (χ0v) is 13.0. The lowest BCUT2D eigenvalue weighted by molar-refractivity contribution is -0.124. The van der Waals surface area contributed by atoms with Crippen LogP contribution in [-0.2, 0) is 14.6 Å². The van der Waals surface area contributed by atoms with Gasteiger partial charge in [0.2, 0.25) is 0 Å². The third kappa shape index (κ3) is 4.35. The minimum Gasteiger partial charge on any atom is -0.484 e. The van der Waals surface area contributed by atoms with Crippen molar-refractivity contribution in [2.45, 2.75) is 18.9 Å². The summed E-state index contributed by atoms with van der Waals surface area (Å²) in [6.45, 7) is 1.62. The molecular weight excluding hydrogens is 292 g/mol. The first-order valence-corrected chi connectivity index (χ1v) is 8.56. The molecule has 0 aliphatic carbocycles. The molecule has 1 aromatic rings. The SMILES string of the molecule is CNc1ccc(OCC(=O)NC2(C)CCS(=O)(=O)C2)cc1. The third-order valence-corrected chi connectivity index (χ3v) is 5.36. The number of rotatable bonds is 5. The number of hydrogen-bond donors (Lipinski definition) is 2. The van der Waals surface area contributed by atoms with Crippen molar-refractivity contribution in [1.82, 2.24) is 5.32 Å². The van der Waals surface area contributed by atoms with E-state index in [1.54, 1.807) is 19.1 Å². The Morgan fingerprint density at radius 2 is 2.00 bits per heavy atom. The number of nitrogens with one attached hydrogen (secondary N) is 2. The van der Waals surface area contributed by atoms with Crippen LogP contribution in [0.15, 0.2) is 24.3 Å². The lowest BCUT2D eigenvalue weighted by atomic mass is 10.0. The second kappa shape index (κ2) is 5.93. The second-order valence-electron chi connectivity index (χ2n) is 5.51. The zero-order valence-electron chi connectivity index (χ0n) is 12.2. The number of amides is 1. The number of carbonyl (C=O) groups excluding carboxylic acids is 1. The van der Waals surface area contributed by atoms with Crippen LogP contribution in [0.1, 0.15) is 13.3 Å². The second-order valence-corrected chi connectivity index (χ2v) is 7.70. The summed E-state index contributed by atoms with van der Waals surface area (Å²) in [6, 6.07) is 7.22. The molecule has 0 saturated carbocycles. The summed E-state index contributed by atoms with van der Waals surface area (Å²) in [7, 11) is -1.22. The predicted molar refractivity (Wildman–Crippen MR) is 81.3 cm³/mol. The monoisotopic (exact) mass is 312 g/mol. The van der Waals surface area contributed by atoms with Crippen LogP contribution < -0.4 is 15.4 Å². The van der Waals surface area contributed by atoms with Gasteiger partial charge in [-0.2, -0.15) is 0 Å². The van der Waals surface area contributed by atoms with E-state index in [-0.39, 0.29) is 24.0 Å². The van der Waals surface area contributed by atoms with Gasteiger partial charge in [-0.05, 0) is 37.6 Å². The average Bonchev–Trinajstić information content (AvgIpc) is 2.70. The highest BCUT2D eigenvalue weighted by Gasteiger charge is 2.39. The number of carbonyl (C=O) groups is 1. The predicted octanol–water partition coefficient (Wildman–Crippen LogP) is 0.800. The molecule has 7 heteroatoms. The maximum atomic E-state index is 11.9. The summed E-state index contributed by atoms with van der Waals surface area (Å²) >= 11 is 0. The topological polar surface area (TPSA) is 84.5 Å². The Hall–Kier alpha value is -1.76. The maximum absolute atomic E-state index is 11.9. The minimum absolute atomic E-state index is 0.0113. The van der Waals surface area contributed by atoms with Crippen LogP contribution in [0.2, 0.25) is 0 Å². The van der Waals surface area contributed by atoms with Crippen molar-refractivity contribution in [2.75, 3.05) is 30.5 Å². The standard InChI is InChI=1S/C14H20N2O4S/c1-14(7-8-21(18,19)10-14)16-13(17)9-20-12-5-3-11(15-2)4-6-12/h3-6,15H,7-10H2,1-2H3,(H,16,17). The Labute approximate surface area is 124 Å². The fraction of sp³-hybridized carbons (Fsp3) is 0.500. The first-order valence-electron chi connectivity index (χ1n) is 6.74. The summed E-state index contributed by atoms with van der Waals surface area (Å²) in [5.41, 5.74) is 0.269. The van der Waals surface area contributed by atoms with Crippen molar-refractivity contribution >= 4 is 21.4 Å². The molecule has 2 N–H and O–H groups in total. The molecule has 0 spiro atoms. The molecule has 1 aromatic carbocycles. The molecular formula is C14H20N2O4S. The molecule has 1 saturated heterocycles. The van der Waals surface area contributed by atoms with Gasteiger partial charge in [-0.3, -0.25) is 4.79 Å². The quantitative estimate of drug-likeness (QED) is 0.840. The van der Waals surface area contributed by atoms with Crippen molar-refractivity contribution in [3.8, 4) is 5.75 Å². The first-order chi connectivity index (χ1) is 9.82. The van der Waals surface area contributed by atoms with E-state index in [1.165, 1.54) is 0 Å². The summed E-state index contributed by atoms with van der Waals surface area (Å²) in [6.07, 6.45) is 0.442. The highest BCUT2D eigenvalue weighted by atomic mass is 32.2. The molecule has 0 bridgehead atoms. The molecule has 0 radical (unpaired) electrons. The van der Waals surface area contributed by atoms with Gasteiger partial charge in [0.1, 0.15) is 5.75 Å². The molecule has 0 aromatic heterocycles. The Kier molecular flexibility index (Phi) is 4.41. The fourth-order valence-electron chi connectivity index (χ4n) is 2.35. The van der Waals surface area contributed by atoms with Gasteiger partial charge in [0.05, 0.1) is 17.0 Å². The van der Waals surface area contributed by atoms with E-state index in [9.17, 15) is 13.2 Å². The Balaban J connectivity index is 1.84. The first kappa shape index (κ1) is 15.6. The zero-order chi connectivity index (χ0) is 15.5. The smallest absolute Gasteiger partial charge is 0.258 e. The number of hydrogen-bond acceptors (Lipinski definition) is 5. The van der Waals surface area contributed by atoms with Gasteiger partial charge >= 0.3 is 0 Å². The summed E-state index contributed by atoms with van der Waals surface area (Å²) in [5.74, 6) is 0.388. The molecule has 21 heavy (non-hydrogen) atoms. The van der Waals surface area contributed by atoms with E-state index in [4.69, 9.17) is 4.74 Å². The van der Waals surface area contributed by atoms with E-state index in [2.05, 4.69) is 10.6 Å². The number of sulfone groups is 1. The van der Waals surface area contributed by atoms with Gasteiger partial charge in [-0.1, -0.05) is 0 Å². The third-order valence-electron chi connectivity index (χ3n) is 3.46. The van der Waals surface area contributed by atoms with Gasteiger partial charge in [0, 0.05) is 12.7 Å². The van der Waals surface area contributed by atoms with Crippen LogP contribution >= 0.6 is 0 Å². The van der Waals surface area contributed by atoms with Crippen molar-refractivity contribution in [3.63, 3.8) is 0 Å². The molecule has 1 unspecified atom stereocenters. The van der Waals surface area contributed by atoms with Crippen LogP contribution in [0.25, 0.3) is 0 Å². The maximum Gasteiger partial charge on any atom is 0.258 e. The Morgan fingerprint density at radius 1 is 1.33 bits per heavy atom. The van der Waals surface area contributed by atoms with Gasteiger partial charge < -0.3 is 15.4 Å². The number of anilines is 1. The molecule has 1 aliphatic heterocycles. The number of ether oxygens (including phenoxy) is 1. The van der Waals surface area contributed by atoms with Crippen molar-refractivity contribution in [2.24, 2.45) is 0 Å². The van der Waals surface area contributed by atoms with Crippen molar-refractivity contribution in [3.05, 3.63) is 24.3 Å². The van der Waals surface area contributed by atoms with Crippen LogP contribution in [0.3, 0.4) is 0 Å². The van der Waals surface area contributed by atoms with Crippen LogP contribution in [0, 0.1) is 0 Å². The Morgan fingerprint density at radius 3 is 2.52 bits per heavy atom. The van der Waals surface area contributed by atoms with Gasteiger partial charge in [-0.25, -0.2) is 8.42 Å². The fourth-order valence-corrected chi connectivity index (χ4v) is 4.44. The molecule has 1 aliphatic rings. The highest BCUT2D eigenvalue weighted by molar-refractivity contribution is 7.91. The molecule has 2 rings (SSSR count). The lowest BCUT2D eigenvalue weighted by Gasteiger charge is -2.23. The van der Waals surface area contributed by atoms with Gasteiger partial charge in [0.15, 0.2) is 16.4 Å². The van der Waals surface area contributed by atoms with Gasteiger partial charge in [-0.15, -0.1) is 0 Å². The van der Waals surface area contributed by atoms with E-state index in [0.717, 1.165) is 5.69 Å². The van der Waals surface area contributed by atoms with Crippen molar-refractivity contribution < 1.29 is 17.9 Å².